The van der Waals surface area contributed by atoms with Crippen LogP contribution in [0.1, 0.15) is 5.82 Å². The molecule has 0 aliphatic rings. The predicted molar refractivity (Wildman–Crippen MR) is 96.0 cm³/mol. The van der Waals surface area contributed by atoms with E-state index in [0.717, 1.165) is 5.56 Å². The van der Waals surface area contributed by atoms with E-state index >= 15 is 0 Å². The first-order valence-corrected chi connectivity index (χ1v) is 8.38. The number of para-hydroxylation sites is 1. The summed E-state index contributed by atoms with van der Waals surface area (Å²) in [5.41, 5.74) is 1.66. The lowest BCUT2D eigenvalue weighted by atomic mass is 10.3. The first-order valence-electron chi connectivity index (χ1n) is 8.38. The zero-order chi connectivity index (χ0) is 18.6. The molecule has 0 radical (unpaired) electrons. The van der Waals surface area contributed by atoms with Gasteiger partial charge in [-0.2, -0.15) is 5.10 Å². The van der Waals surface area contributed by atoms with Crippen molar-refractivity contribution in [1.29, 1.82) is 0 Å². The molecule has 0 saturated heterocycles. The van der Waals surface area contributed by atoms with E-state index in [4.69, 9.17) is 0 Å². The Balaban J connectivity index is 1.33. The van der Waals surface area contributed by atoms with Gasteiger partial charge in [0.25, 0.3) is 0 Å². The van der Waals surface area contributed by atoms with Gasteiger partial charge in [0, 0.05) is 30.9 Å². The highest BCUT2D eigenvalue weighted by molar-refractivity contribution is 5.80. The third-order valence-electron chi connectivity index (χ3n) is 4.04. The van der Waals surface area contributed by atoms with E-state index in [1.54, 1.807) is 24.5 Å². The molecule has 0 unspecified atom stereocenters. The number of carbonyl (C=O) groups is 1. The first kappa shape index (κ1) is 16.8. The highest BCUT2D eigenvalue weighted by Crippen LogP contribution is 2.16. The van der Waals surface area contributed by atoms with Gasteiger partial charge in [-0.25, -0.2) is 14.4 Å². The number of pyridine rings is 1. The third-order valence-corrected chi connectivity index (χ3v) is 4.04. The van der Waals surface area contributed by atoms with E-state index in [1.807, 2.05) is 12.1 Å². The molecule has 3 heterocycles. The molecule has 4 aromatic rings. The van der Waals surface area contributed by atoms with E-state index in [0.29, 0.717) is 35.6 Å². The highest BCUT2D eigenvalue weighted by atomic mass is 19.1. The number of rotatable bonds is 6. The molecule has 3 aromatic heterocycles. The molecule has 0 bridgehead atoms. The third kappa shape index (κ3) is 3.66. The lowest BCUT2D eigenvalue weighted by molar-refractivity contribution is -0.121. The van der Waals surface area contributed by atoms with Crippen molar-refractivity contribution in [3.63, 3.8) is 0 Å². The minimum absolute atomic E-state index is 0.00519. The minimum Gasteiger partial charge on any atom is -0.354 e. The first-order chi connectivity index (χ1) is 13.2. The van der Waals surface area contributed by atoms with Crippen LogP contribution >= 0.6 is 0 Å². The normalized spacial score (nSPS) is 11.0. The van der Waals surface area contributed by atoms with E-state index < -0.39 is 5.82 Å². The van der Waals surface area contributed by atoms with E-state index in [1.165, 1.54) is 17.0 Å². The van der Waals surface area contributed by atoms with Gasteiger partial charge in [0.15, 0.2) is 5.82 Å². The molecule has 27 heavy (non-hydrogen) atoms. The number of fused-ring (bicyclic) bond motifs is 1. The number of nitrogens with zero attached hydrogens (tertiary/aromatic N) is 5. The summed E-state index contributed by atoms with van der Waals surface area (Å²) in [4.78, 5) is 24.7. The highest BCUT2D eigenvalue weighted by Gasteiger charge is 2.11. The molecule has 0 saturated carbocycles. The molecule has 9 heteroatoms. The Morgan fingerprint density at radius 2 is 2.19 bits per heavy atom. The number of imidazole rings is 1. The number of amides is 1. The lowest BCUT2D eigenvalue weighted by Crippen LogP contribution is -2.29. The van der Waals surface area contributed by atoms with Crippen molar-refractivity contribution < 1.29 is 9.18 Å². The monoisotopic (exact) mass is 365 g/mol. The van der Waals surface area contributed by atoms with Crippen LogP contribution in [-0.2, 0) is 17.8 Å². The lowest BCUT2D eigenvalue weighted by Gasteiger charge is -2.06. The molecule has 0 spiro atoms. The molecule has 1 aromatic carbocycles. The van der Waals surface area contributed by atoms with Crippen molar-refractivity contribution in [3.05, 3.63) is 60.7 Å². The maximum absolute atomic E-state index is 13.9. The summed E-state index contributed by atoms with van der Waals surface area (Å²) in [7, 11) is 0. The molecular weight excluding hydrogens is 349 g/mol. The fourth-order valence-electron chi connectivity index (χ4n) is 2.76. The van der Waals surface area contributed by atoms with Crippen LogP contribution in [0, 0.1) is 5.82 Å². The number of aromatic nitrogens is 6. The van der Waals surface area contributed by atoms with Crippen molar-refractivity contribution in [1.82, 2.24) is 35.0 Å². The van der Waals surface area contributed by atoms with Gasteiger partial charge in [-0.05, 0) is 24.3 Å². The second-order valence-corrected chi connectivity index (χ2v) is 5.93. The number of H-pyrrole nitrogens is 1. The van der Waals surface area contributed by atoms with E-state index in [2.05, 4.69) is 30.5 Å². The Hall–Kier alpha value is -3.62. The van der Waals surface area contributed by atoms with Crippen molar-refractivity contribution in [2.75, 3.05) is 6.54 Å². The fraction of sp³-hybridized carbons (Fsp3) is 0.167. The summed E-state index contributed by atoms with van der Waals surface area (Å²) in [6.45, 7) is 0.379. The second kappa shape index (κ2) is 7.32. The summed E-state index contributed by atoms with van der Waals surface area (Å²) < 4.78 is 15.4. The number of nitrogens with one attached hydrogen (secondary N) is 2. The van der Waals surface area contributed by atoms with Gasteiger partial charge in [0.05, 0.1) is 11.8 Å². The molecule has 0 aliphatic heterocycles. The Morgan fingerprint density at radius 3 is 3.04 bits per heavy atom. The fourth-order valence-corrected chi connectivity index (χ4v) is 2.76. The number of aromatic amines is 1. The largest absolute Gasteiger partial charge is 0.354 e. The van der Waals surface area contributed by atoms with Crippen LogP contribution in [-0.4, -0.2) is 42.2 Å². The summed E-state index contributed by atoms with van der Waals surface area (Å²) in [6.07, 6.45) is 5.33. The standard InChI is InChI=1S/C18H16FN7O/c19-13-4-1-5-14-17(13)26(11-22-14)10-16(27)21-8-6-15-23-18(25-24-15)12-3-2-7-20-9-12/h1-5,7,9,11H,6,8,10H2,(H,21,27)(H,23,24,25). The van der Waals surface area contributed by atoms with Gasteiger partial charge in [0.1, 0.15) is 23.7 Å². The molecule has 4 rings (SSSR count). The number of hydrogen-bond donors (Lipinski definition) is 2. The quantitative estimate of drug-likeness (QED) is 0.542. The van der Waals surface area contributed by atoms with Crippen LogP contribution in [0.4, 0.5) is 4.39 Å². The van der Waals surface area contributed by atoms with Gasteiger partial charge in [-0.15, -0.1) is 0 Å². The van der Waals surface area contributed by atoms with Crippen molar-refractivity contribution in [2.24, 2.45) is 0 Å². The van der Waals surface area contributed by atoms with Crippen LogP contribution in [0.5, 0.6) is 0 Å². The van der Waals surface area contributed by atoms with Crippen LogP contribution in [0.2, 0.25) is 0 Å². The second-order valence-electron chi connectivity index (χ2n) is 5.93. The SMILES string of the molecule is O=C(Cn1cnc2cccc(F)c21)NCCc1nc(-c2cccnc2)n[nH]1. The molecule has 1 amide bonds. The minimum atomic E-state index is -0.401. The molecule has 0 aliphatic carbocycles. The molecule has 2 N–H and O–H groups in total. The molecule has 0 atom stereocenters. The molecular formula is C18H16FN7O. The van der Waals surface area contributed by atoms with Gasteiger partial charge >= 0.3 is 0 Å². The summed E-state index contributed by atoms with van der Waals surface area (Å²) in [5, 5.41) is 9.79. The average molecular weight is 365 g/mol. The van der Waals surface area contributed by atoms with Crippen molar-refractivity contribution in [2.45, 2.75) is 13.0 Å². The van der Waals surface area contributed by atoms with Crippen LogP contribution < -0.4 is 5.32 Å². The zero-order valence-corrected chi connectivity index (χ0v) is 14.3. The number of carbonyl (C=O) groups excluding carboxylic acids is 1. The number of benzene rings is 1. The summed E-state index contributed by atoms with van der Waals surface area (Å²) >= 11 is 0. The van der Waals surface area contributed by atoms with Gasteiger partial charge in [0.2, 0.25) is 5.91 Å². The number of halogens is 1. The smallest absolute Gasteiger partial charge is 0.240 e. The van der Waals surface area contributed by atoms with Gasteiger partial charge in [-0.3, -0.25) is 14.9 Å². The van der Waals surface area contributed by atoms with Crippen molar-refractivity contribution >= 4 is 16.9 Å². The molecule has 8 nitrogen and oxygen atoms in total. The average Bonchev–Trinajstić information content (AvgIpc) is 3.31. The van der Waals surface area contributed by atoms with Crippen LogP contribution in [0.25, 0.3) is 22.4 Å². The molecule has 136 valence electrons. The Labute approximate surface area is 153 Å². The Morgan fingerprint density at radius 1 is 1.26 bits per heavy atom. The predicted octanol–water partition coefficient (Wildman–Crippen LogP) is 1.71. The van der Waals surface area contributed by atoms with Crippen LogP contribution in [0.3, 0.4) is 0 Å². The van der Waals surface area contributed by atoms with Crippen LogP contribution in [0.15, 0.2) is 49.1 Å². The molecule has 0 fully saturated rings. The van der Waals surface area contributed by atoms with E-state index in [-0.39, 0.29) is 12.5 Å². The van der Waals surface area contributed by atoms with E-state index in [9.17, 15) is 9.18 Å². The van der Waals surface area contributed by atoms with Gasteiger partial charge < -0.3 is 9.88 Å². The Kier molecular flexibility index (Phi) is 4.56. The zero-order valence-electron chi connectivity index (χ0n) is 14.3. The van der Waals surface area contributed by atoms with Gasteiger partial charge in [-0.1, -0.05) is 6.07 Å². The number of hydrogen-bond acceptors (Lipinski definition) is 5. The summed E-state index contributed by atoms with van der Waals surface area (Å²) in [6, 6.07) is 8.33. The topological polar surface area (TPSA) is 101 Å². The summed E-state index contributed by atoms with van der Waals surface area (Å²) in [5.74, 6) is 0.588. The maximum Gasteiger partial charge on any atom is 0.240 e. The Bertz CT molecular complexity index is 1070. The maximum atomic E-state index is 13.9. The van der Waals surface area contributed by atoms with Crippen molar-refractivity contribution in [3.8, 4) is 11.4 Å².